The SMILES string of the molecule is N#Cc1cccc(Oc2ccc(C(=O)N3CC4CC3CN4CCc3ccccc3Cl)cc2)c1. The molecule has 2 bridgehead atoms. The number of ether oxygens (including phenoxy) is 1. The molecule has 0 N–H and O–H groups in total. The minimum atomic E-state index is 0.0753. The summed E-state index contributed by atoms with van der Waals surface area (Å²) in [4.78, 5) is 17.6. The fourth-order valence-corrected chi connectivity index (χ4v) is 5.06. The van der Waals surface area contributed by atoms with Crippen LogP contribution in [0.5, 0.6) is 11.5 Å². The molecule has 6 heteroatoms. The average molecular weight is 458 g/mol. The predicted molar refractivity (Wildman–Crippen MR) is 128 cm³/mol. The molecule has 2 atom stereocenters. The molecular weight excluding hydrogens is 434 g/mol. The number of piperazine rings is 1. The molecule has 2 heterocycles. The van der Waals surface area contributed by atoms with Gasteiger partial charge in [-0.25, -0.2) is 0 Å². The van der Waals surface area contributed by atoms with Crippen LogP contribution in [0.1, 0.15) is 27.9 Å². The fourth-order valence-electron chi connectivity index (χ4n) is 4.83. The highest BCUT2D eigenvalue weighted by atomic mass is 35.5. The van der Waals surface area contributed by atoms with Gasteiger partial charge in [0, 0.05) is 42.3 Å². The highest BCUT2D eigenvalue weighted by Gasteiger charge is 2.44. The van der Waals surface area contributed by atoms with Crippen LogP contribution in [0.3, 0.4) is 0 Å². The standard InChI is InChI=1S/C27H24ClN3O2/c28-26-7-2-1-5-20(26)12-13-30-17-23-15-22(30)18-31(23)27(32)21-8-10-24(11-9-21)33-25-6-3-4-19(14-25)16-29/h1-11,14,22-23H,12-13,15,17-18H2. The number of carbonyl (C=O) groups is 1. The van der Waals surface area contributed by atoms with Gasteiger partial charge in [0.25, 0.3) is 5.91 Å². The Bertz CT molecular complexity index is 1200. The van der Waals surface area contributed by atoms with Gasteiger partial charge in [0.15, 0.2) is 0 Å². The van der Waals surface area contributed by atoms with Crippen LogP contribution in [-0.2, 0) is 6.42 Å². The maximum absolute atomic E-state index is 13.1. The zero-order chi connectivity index (χ0) is 22.8. The van der Waals surface area contributed by atoms with Gasteiger partial charge in [-0.2, -0.15) is 5.26 Å². The number of likely N-dealkylation sites (tertiary alicyclic amines) is 2. The first kappa shape index (κ1) is 21.5. The van der Waals surface area contributed by atoms with Crippen molar-refractivity contribution in [1.29, 1.82) is 5.26 Å². The minimum absolute atomic E-state index is 0.0753. The summed E-state index contributed by atoms with van der Waals surface area (Å²) >= 11 is 6.30. The summed E-state index contributed by atoms with van der Waals surface area (Å²) < 4.78 is 5.82. The first-order valence-corrected chi connectivity index (χ1v) is 11.5. The summed E-state index contributed by atoms with van der Waals surface area (Å²) in [5.74, 6) is 1.31. The summed E-state index contributed by atoms with van der Waals surface area (Å²) in [6, 6.07) is 25.0. The van der Waals surface area contributed by atoms with E-state index in [4.69, 9.17) is 21.6 Å². The third-order valence-electron chi connectivity index (χ3n) is 6.54. The second-order valence-electron chi connectivity index (χ2n) is 8.60. The number of halogens is 1. The Labute approximate surface area is 198 Å². The Balaban J connectivity index is 1.17. The van der Waals surface area contributed by atoms with E-state index < -0.39 is 0 Å². The summed E-state index contributed by atoms with van der Waals surface area (Å²) in [5, 5.41) is 9.85. The predicted octanol–water partition coefficient (Wildman–Crippen LogP) is 5.15. The Morgan fingerprint density at radius 1 is 1.00 bits per heavy atom. The molecule has 2 aliphatic rings. The molecule has 2 fully saturated rings. The van der Waals surface area contributed by atoms with E-state index in [2.05, 4.69) is 17.0 Å². The van der Waals surface area contributed by atoms with E-state index in [1.807, 2.05) is 35.2 Å². The maximum Gasteiger partial charge on any atom is 0.254 e. The highest BCUT2D eigenvalue weighted by molar-refractivity contribution is 6.31. The van der Waals surface area contributed by atoms with E-state index >= 15 is 0 Å². The number of nitriles is 1. The molecular formula is C27H24ClN3O2. The van der Waals surface area contributed by atoms with Crippen LogP contribution in [0.2, 0.25) is 5.02 Å². The van der Waals surface area contributed by atoms with Crippen LogP contribution >= 0.6 is 11.6 Å². The van der Waals surface area contributed by atoms with E-state index in [-0.39, 0.29) is 11.9 Å². The van der Waals surface area contributed by atoms with Crippen molar-refractivity contribution in [1.82, 2.24) is 9.80 Å². The van der Waals surface area contributed by atoms with E-state index in [1.54, 1.807) is 36.4 Å². The lowest BCUT2D eigenvalue weighted by Gasteiger charge is -2.34. The average Bonchev–Trinajstić information content (AvgIpc) is 3.45. The first-order chi connectivity index (χ1) is 16.1. The van der Waals surface area contributed by atoms with Crippen molar-refractivity contribution in [3.63, 3.8) is 0 Å². The van der Waals surface area contributed by atoms with E-state index in [0.29, 0.717) is 28.7 Å². The molecule has 33 heavy (non-hydrogen) atoms. The fraction of sp³-hybridized carbons (Fsp3) is 0.259. The van der Waals surface area contributed by atoms with Crippen LogP contribution in [0, 0.1) is 11.3 Å². The number of amides is 1. The van der Waals surface area contributed by atoms with Crippen LogP contribution in [-0.4, -0.2) is 47.4 Å². The lowest BCUT2D eigenvalue weighted by molar-refractivity contribution is 0.0626. The molecule has 0 saturated carbocycles. The van der Waals surface area contributed by atoms with Crippen LogP contribution in [0.4, 0.5) is 0 Å². The number of hydrogen-bond acceptors (Lipinski definition) is 4. The smallest absolute Gasteiger partial charge is 0.254 e. The molecule has 3 aromatic carbocycles. The van der Waals surface area contributed by atoms with Crippen molar-refractivity contribution < 1.29 is 9.53 Å². The van der Waals surface area contributed by atoms with E-state index in [1.165, 1.54) is 5.56 Å². The van der Waals surface area contributed by atoms with Gasteiger partial charge in [-0.05, 0) is 66.9 Å². The molecule has 1 amide bonds. The van der Waals surface area contributed by atoms with Crippen molar-refractivity contribution in [2.75, 3.05) is 19.6 Å². The molecule has 2 saturated heterocycles. The van der Waals surface area contributed by atoms with Gasteiger partial charge >= 0.3 is 0 Å². The van der Waals surface area contributed by atoms with Crippen molar-refractivity contribution >= 4 is 17.5 Å². The topological polar surface area (TPSA) is 56.6 Å². The number of rotatable bonds is 6. The van der Waals surface area contributed by atoms with Crippen molar-refractivity contribution in [2.45, 2.75) is 24.9 Å². The summed E-state index contributed by atoms with van der Waals surface area (Å²) in [6.45, 7) is 2.65. The number of benzene rings is 3. The zero-order valence-electron chi connectivity index (χ0n) is 18.2. The maximum atomic E-state index is 13.1. The molecule has 5 rings (SSSR count). The Morgan fingerprint density at radius 3 is 2.55 bits per heavy atom. The van der Waals surface area contributed by atoms with Crippen LogP contribution in [0.25, 0.3) is 0 Å². The quantitative estimate of drug-likeness (QED) is 0.514. The molecule has 0 radical (unpaired) electrons. The Kier molecular flexibility index (Phi) is 6.04. The van der Waals surface area contributed by atoms with Gasteiger partial charge in [0.2, 0.25) is 0 Å². The summed E-state index contributed by atoms with van der Waals surface area (Å²) in [5.41, 5.74) is 2.39. The van der Waals surface area contributed by atoms with Crippen molar-refractivity contribution in [3.8, 4) is 17.6 Å². The number of fused-ring (bicyclic) bond motifs is 2. The Hall–Kier alpha value is -3.33. The van der Waals surface area contributed by atoms with Gasteiger partial charge in [0.05, 0.1) is 11.6 Å². The van der Waals surface area contributed by atoms with Gasteiger partial charge in [-0.1, -0.05) is 35.9 Å². The Morgan fingerprint density at radius 2 is 1.82 bits per heavy atom. The second kappa shape index (κ2) is 9.27. The lowest BCUT2D eigenvalue weighted by atomic mass is 10.1. The third kappa shape index (κ3) is 4.59. The van der Waals surface area contributed by atoms with Crippen LogP contribution in [0.15, 0.2) is 72.8 Å². The molecule has 3 aromatic rings. The van der Waals surface area contributed by atoms with Crippen molar-refractivity contribution in [3.05, 3.63) is 94.5 Å². The van der Waals surface area contributed by atoms with Gasteiger partial charge < -0.3 is 9.64 Å². The monoisotopic (exact) mass is 457 g/mol. The summed E-state index contributed by atoms with van der Waals surface area (Å²) in [7, 11) is 0. The molecule has 5 nitrogen and oxygen atoms in total. The molecule has 0 aliphatic carbocycles. The highest BCUT2D eigenvalue weighted by Crippen LogP contribution is 2.32. The molecule has 166 valence electrons. The number of hydrogen-bond donors (Lipinski definition) is 0. The van der Waals surface area contributed by atoms with E-state index in [0.717, 1.165) is 37.5 Å². The molecule has 0 spiro atoms. The summed E-state index contributed by atoms with van der Waals surface area (Å²) in [6.07, 6.45) is 1.96. The van der Waals surface area contributed by atoms with E-state index in [9.17, 15) is 4.79 Å². The van der Waals surface area contributed by atoms with Gasteiger partial charge in [-0.15, -0.1) is 0 Å². The lowest BCUT2D eigenvalue weighted by Crippen LogP contribution is -2.49. The number of carbonyl (C=O) groups excluding carboxylic acids is 1. The van der Waals surface area contributed by atoms with Gasteiger partial charge in [0.1, 0.15) is 11.5 Å². The molecule has 2 aliphatic heterocycles. The second-order valence-corrected chi connectivity index (χ2v) is 9.01. The van der Waals surface area contributed by atoms with Gasteiger partial charge in [-0.3, -0.25) is 9.69 Å². The number of nitrogens with zero attached hydrogens (tertiary/aromatic N) is 3. The largest absolute Gasteiger partial charge is 0.457 e. The molecule has 0 aromatic heterocycles. The van der Waals surface area contributed by atoms with Crippen molar-refractivity contribution in [2.24, 2.45) is 0 Å². The minimum Gasteiger partial charge on any atom is -0.457 e. The molecule has 2 unspecified atom stereocenters. The van der Waals surface area contributed by atoms with Crippen LogP contribution < -0.4 is 4.74 Å². The third-order valence-corrected chi connectivity index (χ3v) is 6.91. The first-order valence-electron chi connectivity index (χ1n) is 11.2. The normalized spacial score (nSPS) is 19.5. The zero-order valence-corrected chi connectivity index (χ0v) is 18.9.